The van der Waals surface area contributed by atoms with E-state index in [0.717, 1.165) is 44.9 Å². The van der Waals surface area contributed by atoms with Crippen LogP contribution in [-0.4, -0.2) is 12.5 Å². The molecule has 0 aromatic heterocycles. The molecule has 142 valence electrons. The summed E-state index contributed by atoms with van der Waals surface area (Å²) in [5, 5.41) is 0. The molecule has 0 radical (unpaired) electrons. The Morgan fingerprint density at radius 2 is 2.00 bits per heavy atom. The molecule has 4 rings (SSSR count). The number of amides is 1. The van der Waals surface area contributed by atoms with E-state index in [0.29, 0.717) is 18.3 Å². The fourth-order valence-electron chi connectivity index (χ4n) is 4.75. The molecule has 2 aliphatic carbocycles. The minimum absolute atomic E-state index is 0.129. The molecule has 0 saturated heterocycles. The van der Waals surface area contributed by atoms with Crippen molar-refractivity contribution in [3.63, 3.8) is 0 Å². The van der Waals surface area contributed by atoms with Gasteiger partial charge in [-0.2, -0.15) is 0 Å². The zero-order valence-electron chi connectivity index (χ0n) is 15.5. The second-order valence-electron chi connectivity index (χ2n) is 8.14. The number of primary amides is 1. The normalized spacial score (nSPS) is 23.5. The summed E-state index contributed by atoms with van der Waals surface area (Å²) in [6.45, 7) is 0.593. The quantitative estimate of drug-likeness (QED) is 0.778. The molecule has 2 N–H and O–H groups in total. The molecular weight excluding hydrogens is 341 g/mol. The summed E-state index contributed by atoms with van der Waals surface area (Å²) in [4.78, 5) is 12.1. The summed E-state index contributed by atoms with van der Waals surface area (Å²) in [7, 11) is 0. The number of carbonyl (C=O) groups is 1. The van der Waals surface area contributed by atoms with Gasteiger partial charge in [0.15, 0.2) is 0 Å². The van der Waals surface area contributed by atoms with E-state index in [1.807, 2.05) is 0 Å². The van der Waals surface area contributed by atoms with Gasteiger partial charge in [0.1, 0.15) is 11.6 Å². The predicted molar refractivity (Wildman–Crippen MR) is 103 cm³/mol. The van der Waals surface area contributed by atoms with Crippen molar-refractivity contribution in [1.29, 1.82) is 0 Å². The van der Waals surface area contributed by atoms with Gasteiger partial charge in [0.05, 0.1) is 12.0 Å². The fourth-order valence-corrected chi connectivity index (χ4v) is 4.75. The second kappa shape index (κ2) is 7.34. The Balaban J connectivity index is 1.39. The van der Waals surface area contributed by atoms with E-state index in [1.165, 1.54) is 28.8 Å². The highest BCUT2D eigenvalue weighted by Crippen LogP contribution is 2.48. The Labute approximate surface area is 159 Å². The Bertz CT molecular complexity index is 833. The number of hydrogen-bond acceptors (Lipinski definition) is 2. The predicted octanol–water partition coefficient (Wildman–Crippen LogP) is 4.21. The molecule has 0 spiro atoms. The molecule has 1 fully saturated rings. The summed E-state index contributed by atoms with van der Waals surface area (Å²) in [5.74, 6) is 0.900. The van der Waals surface area contributed by atoms with Crippen molar-refractivity contribution < 1.29 is 13.9 Å². The molecule has 2 unspecified atom stereocenters. The Morgan fingerprint density at radius 1 is 1.19 bits per heavy atom. The van der Waals surface area contributed by atoms with Crippen molar-refractivity contribution in [2.24, 2.45) is 17.1 Å². The monoisotopic (exact) mass is 367 g/mol. The van der Waals surface area contributed by atoms with Crippen LogP contribution in [0.25, 0.3) is 0 Å². The number of ether oxygens (including phenoxy) is 1. The highest BCUT2D eigenvalue weighted by molar-refractivity contribution is 5.81. The first-order chi connectivity index (χ1) is 13.0. The maximum absolute atomic E-state index is 12.9. The van der Waals surface area contributed by atoms with Gasteiger partial charge in [-0.05, 0) is 91.8 Å². The molecule has 1 amide bonds. The highest BCUT2D eigenvalue weighted by Gasteiger charge is 2.46. The van der Waals surface area contributed by atoms with Crippen LogP contribution in [0.5, 0.6) is 5.75 Å². The van der Waals surface area contributed by atoms with Gasteiger partial charge in [-0.1, -0.05) is 18.2 Å². The van der Waals surface area contributed by atoms with Crippen LogP contribution >= 0.6 is 0 Å². The molecule has 4 heteroatoms. The highest BCUT2D eigenvalue weighted by atomic mass is 19.1. The standard InChI is InChI=1S/C23H26FNO2/c24-20-5-7-21(8-6-20)27-11-1-2-16-3-4-18-13-17-9-10-23(14-17,22(25)26)15-19(18)12-16/h3-8,12,17H,1-2,9-11,13-15H2,(H2,25,26). The topological polar surface area (TPSA) is 52.3 Å². The van der Waals surface area contributed by atoms with Crippen LogP contribution in [0.15, 0.2) is 42.5 Å². The summed E-state index contributed by atoms with van der Waals surface area (Å²) in [5.41, 5.74) is 9.41. The van der Waals surface area contributed by atoms with Crippen LogP contribution in [0.3, 0.4) is 0 Å². The van der Waals surface area contributed by atoms with E-state index in [2.05, 4.69) is 18.2 Å². The van der Waals surface area contributed by atoms with Gasteiger partial charge in [-0.25, -0.2) is 4.39 Å². The third-order valence-electron chi connectivity index (χ3n) is 6.23. The zero-order valence-corrected chi connectivity index (χ0v) is 15.5. The third kappa shape index (κ3) is 3.85. The minimum Gasteiger partial charge on any atom is -0.494 e. The molecular formula is C23H26FNO2. The lowest BCUT2D eigenvalue weighted by Crippen LogP contribution is -2.36. The van der Waals surface area contributed by atoms with Crippen LogP contribution in [0.4, 0.5) is 4.39 Å². The molecule has 2 aliphatic rings. The van der Waals surface area contributed by atoms with Gasteiger partial charge in [-0.15, -0.1) is 0 Å². The van der Waals surface area contributed by atoms with E-state index in [4.69, 9.17) is 10.5 Å². The van der Waals surface area contributed by atoms with E-state index in [9.17, 15) is 9.18 Å². The van der Waals surface area contributed by atoms with Crippen LogP contribution in [-0.2, 0) is 24.1 Å². The minimum atomic E-state index is -0.333. The average Bonchev–Trinajstić information content (AvgIpc) is 2.97. The molecule has 2 aromatic rings. The maximum atomic E-state index is 12.9. The van der Waals surface area contributed by atoms with Gasteiger partial charge < -0.3 is 10.5 Å². The largest absolute Gasteiger partial charge is 0.494 e. The maximum Gasteiger partial charge on any atom is 0.223 e. The van der Waals surface area contributed by atoms with Crippen molar-refractivity contribution in [3.05, 3.63) is 65.0 Å². The number of rotatable bonds is 6. The van der Waals surface area contributed by atoms with Crippen molar-refractivity contribution >= 4 is 5.91 Å². The summed E-state index contributed by atoms with van der Waals surface area (Å²) >= 11 is 0. The molecule has 3 nitrogen and oxygen atoms in total. The summed E-state index contributed by atoms with van der Waals surface area (Å²) < 4.78 is 18.6. The molecule has 1 saturated carbocycles. The van der Waals surface area contributed by atoms with E-state index in [-0.39, 0.29) is 17.1 Å². The van der Waals surface area contributed by atoms with Gasteiger partial charge in [0.25, 0.3) is 0 Å². The lowest BCUT2D eigenvalue weighted by Gasteiger charge is -2.25. The van der Waals surface area contributed by atoms with Gasteiger partial charge in [-0.3, -0.25) is 4.79 Å². The average molecular weight is 367 g/mol. The lowest BCUT2D eigenvalue weighted by atomic mass is 9.79. The Hall–Kier alpha value is -2.36. The molecule has 2 aromatic carbocycles. The van der Waals surface area contributed by atoms with Gasteiger partial charge >= 0.3 is 0 Å². The SMILES string of the molecule is NC(=O)C12CCC(Cc3ccc(CCCOc4ccc(F)cc4)cc3C1)C2. The van der Waals surface area contributed by atoms with E-state index < -0.39 is 0 Å². The van der Waals surface area contributed by atoms with Gasteiger partial charge in [0.2, 0.25) is 5.91 Å². The van der Waals surface area contributed by atoms with E-state index >= 15 is 0 Å². The van der Waals surface area contributed by atoms with Crippen LogP contribution in [0.1, 0.15) is 42.4 Å². The van der Waals surface area contributed by atoms with Gasteiger partial charge in [0, 0.05) is 0 Å². The van der Waals surface area contributed by atoms with E-state index in [1.54, 1.807) is 12.1 Å². The summed E-state index contributed by atoms with van der Waals surface area (Å²) in [6.07, 6.45) is 6.65. The van der Waals surface area contributed by atoms with Crippen LogP contribution in [0.2, 0.25) is 0 Å². The smallest absolute Gasteiger partial charge is 0.223 e. The zero-order chi connectivity index (χ0) is 18.9. The third-order valence-corrected chi connectivity index (χ3v) is 6.23. The molecule has 0 aliphatic heterocycles. The lowest BCUT2D eigenvalue weighted by molar-refractivity contribution is -0.127. The molecule has 2 bridgehead atoms. The first kappa shape index (κ1) is 18.0. The van der Waals surface area contributed by atoms with Crippen LogP contribution < -0.4 is 10.5 Å². The van der Waals surface area contributed by atoms with Crippen molar-refractivity contribution in [1.82, 2.24) is 0 Å². The van der Waals surface area contributed by atoms with Crippen molar-refractivity contribution in [3.8, 4) is 5.75 Å². The van der Waals surface area contributed by atoms with Crippen LogP contribution in [0, 0.1) is 17.2 Å². The molecule has 2 atom stereocenters. The molecule has 0 heterocycles. The number of aryl methyl sites for hydroxylation is 1. The number of nitrogens with two attached hydrogens (primary N) is 1. The second-order valence-corrected chi connectivity index (χ2v) is 8.14. The first-order valence-corrected chi connectivity index (χ1v) is 9.83. The summed E-state index contributed by atoms with van der Waals surface area (Å²) in [6, 6.07) is 12.8. The number of fused-ring (bicyclic) bond motifs is 3. The number of benzene rings is 2. The Morgan fingerprint density at radius 3 is 2.78 bits per heavy atom. The fraction of sp³-hybridized carbons (Fsp3) is 0.435. The van der Waals surface area contributed by atoms with Crippen molar-refractivity contribution in [2.75, 3.05) is 6.61 Å². The molecule has 27 heavy (non-hydrogen) atoms. The van der Waals surface area contributed by atoms with Crippen molar-refractivity contribution in [2.45, 2.75) is 44.9 Å². The number of carbonyl (C=O) groups excluding carboxylic acids is 1. The number of halogens is 1. The number of hydrogen-bond donors (Lipinski definition) is 1. The first-order valence-electron chi connectivity index (χ1n) is 9.83. The Kier molecular flexibility index (Phi) is 4.90.